The maximum Gasteiger partial charge on any atom is 0.251 e. The van der Waals surface area contributed by atoms with Crippen molar-refractivity contribution < 1.29 is 0 Å². The third-order valence-electron chi connectivity index (χ3n) is 1.68. The normalized spacial score (nSPS) is 9.90. The van der Waals surface area contributed by atoms with Crippen molar-refractivity contribution in [3.8, 4) is 0 Å². The molecule has 0 bridgehead atoms. The molecule has 10 heavy (non-hydrogen) atoms. The second-order valence-electron chi connectivity index (χ2n) is 2.59. The van der Waals surface area contributed by atoms with Crippen molar-refractivity contribution in [2.45, 2.75) is 20.8 Å². The molecular weight excluding hydrogens is 126 g/mol. The fraction of sp³-hybridized carbons (Fsp3) is 0.375. The second-order valence-corrected chi connectivity index (χ2v) is 2.59. The van der Waals surface area contributed by atoms with Gasteiger partial charge in [0, 0.05) is 11.3 Å². The summed E-state index contributed by atoms with van der Waals surface area (Å²) in [5.41, 5.74) is 2.82. The lowest BCUT2D eigenvalue weighted by atomic mass is 10.1. The molecular formula is C8H11NO. The van der Waals surface area contributed by atoms with E-state index in [-0.39, 0.29) is 5.56 Å². The van der Waals surface area contributed by atoms with Crippen molar-refractivity contribution in [1.29, 1.82) is 0 Å². The molecule has 0 fully saturated rings. The summed E-state index contributed by atoms with van der Waals surface area (Å²) in [6.07, 6.45) is 0. The molecule has 0 radical (unpaired) electrons. The zero-order valence-electron chi connectivity index (χ0n) is 6.49. The first-order chi connectivity index (χ1) is 4.61. The van der Waals surface area contributed by atoms with Crippen LogP contribution in [-0.4, -0.2) is 4.98 Å². The van der Waals surface area contributed by atoms with E-state index in [1.54, 1.807) is 0 Å². The van der Waals surface area contributed by atoms with Crippen LogP contribution >= 0.6 is 0 Å². The van der Waals surface area contributed by atoms with Crippen LogP contribution in [0.1, 0.15) is 16.8 Å². The highest BCUT2D eigenvalue weighted by molar-refractivity contribution is 5.23. The van der Waals surface area contributed by atoms with Gasteiger partial charge in [0.15, 0.2) is 0 Å². The van der Waals surface area contributed by atoms with Gasteiger partial charge in [0.05, 0.1) is 0 Å². The Labute approximate surface area is 59.9 Å². The Balaban J connectivity index is 3.46. The summed E-state index contributed by atoms with van der Waals surface area (Å²) in [6.45, 7) is 5.65. The lowest BCUT2D eigenvalue weighted by Gasteiger charge is -1.98. The van der Waals surface area contributed by atoms with Crippen molar-refractivity contribution in [3.63, 3.8) is 0 Å². The van der Waals surface area contributed by atoms with Gasteiger partial charge >= 0.3 is 0 Å². The summed E-state index contributed by atoms with van der Waals surface area (Å²) in [6, 6.07) is 1.97. The Morgan fingerprint density at radius 1 is 1.30 bits per heavy atom. The van der Waals surface area contributed by atoms with E-state index >= 15 is 0 Å². The summed E-state index contributed by atoms with van der Waals surface area (Å²) in [5, 5.41) is 0. The average molecular weight is 137 g/mol. The van der Waals surface area contributed by atoms with Crippen LogP contribution in [0.2, 0.25) is 0 Å². The zero-order chi connectivity index (χ0) is 7.72. The number of pyridine rings is 1. The van der Waals surface area contributed by atoms with Crippen molar-refractivity contribution in [1.82, 2.24) is 4.98 Å². The van der Waals surface area contributed by atoms with Gasteiger partial charge in [-0.25, -0.2) is 0 Å². The molecule has 1 heterocycles. The molecule has 54 valence electrons. The first-order valence-electron chi connectivity index (χ1n) is 3.28. The van der Waals surface area contributed by atoms with E-state index < -0.39 is 0 Å². The van der Waals surface area contributed by atoms with Gasteiger partial charge in [-0.1, -0.05) is 0 Å². The van der Waals surface area contributed by atoms with E-state index in [2.05, 4.69) is 4.98 Å². The summed E-state index contributed by atoms with van der Waals surface area (Å²) in [5.74, 6) is 0. The predicted octanol–water partition coefficient (Wildman–Crippen LogP) is 1.30. The molecule has 1 rings (SSSR count). The van der Waals surface area contributed by atoms with Gasteiger partial charge in [0.2, 0.25) is 0 Å². The van der Waals surface area contributed by atoms with Gasteiger partial charge in [-0.05, 0) is 32.4 Å². The van der Waals surface area contributed by atoms with Gasteiger partial charge in [-0.15, -0.1) is 0 Å². The van der Waals surface area contributed by atoms with Crippen LogP contribution in [0.25, 0.3) is 0 Å². The van der Waals surface area contributed by atoms with Crippen LogP contribution in [-0.2, 0) is 0 Å². The number of nitrogens with one attached hydrogen (secondary N) is 1. The minimum absolute atomic E-state index is 0.0255. The Bertz CT molecular complexity index is 299. The topological polar surface area (TPSA) is 32.9 Å². The highest BCUT2D eigenvalue weighted by Crippen LogP contribution is 1.99. The molecule has 0 aliphatic carbocycles. The Morgan fingerprint density at radius 3 is 2.40 bits per heavy atom. The molecule has 0 aliphatic rings. The Morgan fingerprint density at radius 2 is 1.90 bits per heavy atom. The van der Waals surface area contributed by atoms with E-state index in [0.717, 1.165) is 16.8 Å². The summed E-state index contributed by atoms with van der Waals surface area (Å²) in [4.78, 5) is 13.7. The Hall–Kier alpha value is -1.05. The molecule has 0 aromatic carbocycles. The molecule has 1 aromatic rings. The second kappa shape index (κ2) is 2.29. The molecule has 0 unspecified atom stereocenters. The molecule has 2 nitrogen and oxygen atoms in total. The lowest BCUT2D eigenvalue weighted by molar-refractivity contribution is 1.08. The van der Waals surface area contributed by atoms with Crippen molar-refractivity contribution >= 4 is 0 Å². The van der Waals surface area contributed by atoms with Crippen molar-refractivity contribution in [2.75, 3.05) is 0 Å². The van der Waals surface area contributed by atoms with Crippen LogP contribution in [0.4, 0.5) is 0 Å². The van der Waals surface area contributed by atoms with Crippen LogP contribution in [0.3, 0.4) is 0 Å². The van der Waals surface area contributed by atoms with Gasteiger partial charge in [-0.3, -0.25) is 4.79 Å². The Kier molecular flexibility index (Phi) is 1.62. The molecule has 0 amide bonds. The number of hydrogen-bond acceptors (Lipinski definition) is 1. The lowest BCUT2D eigenvalue weighted by Crippen LogP contribution is -2.11. The van der Waals surface area contributed by atoms with E-state index in [4.69, 9.17) is 0 Å². The molecule has 0 saturated heterocycles. The standard InChI is InChI=1S/C8H11NO/c1-5-4-6(2)9-8(10)7(5)3/h4H,1-3H3,(H,9,10). The van der Waals surface area contributed by atoms with E-state index in [9.17, 15) is 4.79 Å². The van der Waals surface area contributed by atoms with Gasteiger partial charge in [0.25, 0.3) is 5.56 Å². The molecule has 0 aliphatic heterocycles. The van der Waals surface area contributed by atoms with Crippen molar-refractivity contribution in [3.05, 3.63) is 33.2 Å². The average Bonchev–Trinajstić information content (AvgIpc) is 1.82. The monoisotopic (exact) mass is 137 g/mol. The number of rotatable bonds is 0. The zero-order valence-corrected chi connectivity index (χ0v) is 6.49. The fourth-order valence-electron chi connectivity index (χ4n) is 0.921. The van der Waals surface area contributed by atoms with Crippen molar-refractivity contribution in [2.24, 2.45) is 0 Å². The number of aromatic amines is 1. The molecule has 0 atom stereocenters. The third-order valence-corrected chi connectivity index (χ3v) is 1.68. The SMILES string of the molecule is Cc1cc(C)c(C)c(=O)[nH]1. The van der Waals surface area contributed by atoms with E-state index in [1.807, 2.05) is 26.8 Å². The number of aromatic nitrogens is 1. The van der Waals surface area contributed by atoms with Crippen LogP contribution < -0.4 is 5.56 Å². The molecule has 1 N–H and O–H groups in total. The van der Waals surface area contributed by atoms with Crippen LogP contribution in [0, 0.1) is 20.8 Å². The van der Waals surface area contributed by atoms with E-state index in [0.29, 0.717) is 0 Å². The number of H-pyrrole nitrogens is 1. The summed E-state index contributed by atoms with van der Waals surface area (Å²) < 4.78 is 0. The smallest absolute Gasteiger partial charge is 0.251 e. The maximum atomic E-state index is 11.0. The minimum Gasteiger partial charge on any atom is -0.326 e. The number of hydrogen-bond donors (Lipinski definition) is 1. The van der Waals surface area contributed by atoms with Gasteiger partial charge in [-0.2, -0.15) is 0 Å². The first-order valence-corrected chi connectivity index (χ1v) is 3.28. The maximum absolute atomic E-state index is 11.0. The minimum atomic E-state index is 0.0255. The third kappa shape index (κ3) is 1.10. The highest BCUT2D eigenvalue weighted by atomic mass is 16.1. The fourth-order valence-corrected chi connectivity index (χ4v) is 0.921. The van der Waals surface area contributed by atoms with E-state index in [1.165, 1.54) is 0 Å². The highest BCUT2D eigenvalue weighted by Gasteiger charge is 1.96. The quantitative estimate of drug-likeness (QED) is 0.574. The molecule has 1 aromatic heterocycles. The molecule has 0 saturated carbocycles. The molecule has 2 heteroatoms. The van der Waals surface area contributed by atoms with Gasteiger partial charge < -0.3 is 4.98 Å². The van der Waals surface area contributed by atoms with Crippen LogP contribution in [0.5, 0.6) is 0 Å². The summed E-state index contributed by atoms with van der Waals surface area (Å²) in [7, 11) is 0. The first kappa shape index (κ1) is 7.06. The summed E-state index contributed by atoms with van der Waals surface area (Å²) >= 11 is 0. The van der Waals surface area contributed by atoms with Crippen LogP contribution in [0.15, 0.2) is 10.9 Å². The van der Waals surface area contributed by atoms with Gasteiger partial charge in [0.1, 0.15) is 0 Å². The molecule has 0 spiro atoms. The predicted molar refractivity (Wildman–Crippen MR) is 41.3 cm³/mol. The number of aryl methyl sites for hydroxylation is 2. The largest absolute Gasteiger partial charge is 0.326 e.